The molecular formula is C21H25N5O3. The van der Waals surface area contributed by atoms with Crippen molar-refractivity contribution in [2.45, 2.75) is 0 Å². The van der Waals surface area contributed by atoms with E-state index in [9.17, 15) is 4.79 Å². The highest BCUT2D eigenvalue weighted by Gasteiger charge is 2.13. The number of carbonyl (C=O) groups is 1. The van der Waals surface area contributed by atoms with Crippen molar-refractivity contribution in [2.75, 3.05) is 51.8 Å². The Morgan fingerprint density at radius 2 is 2.07 bits per heavy atom. The molecule has 1 fully saturated rings. The standard InChI is InChI=1S/C21H25N5O3/c1-28-19-5-3-2-4-16(19)15-6-7-17-18(14-15)24-25-20(17)23-21(27)22-8-9-26-10-12-29-13-11-26/h2-7,14H,8-13H2,1H3,(H3,22,23,24,25,27). The lowest BCUT2D eigenvalue weighted by Gasteiger charge is -2.26. The van der Waals surface area contributed by atoms with Crippen LogP contribution in [0.5, 0.6) is 5.75 Å². The number of fused-ring (bicyclic) bond motifs is 1. The van der Waals surface area contributed by atoms with Crippen LogP contribution in [0.15, 0.2) is 42.5 Å². The van der Waals surface area contributed by atoms with Crippen molar-refractivity contribution >= 4 is 22.8 Å². The maximum Gasteiger partial charge on any atom is 0.320 e. The third-order valence-corrected chi connectivity index (χ3v) is 5.03. The zero-order chi connectivity index (χ0) is 20.1. The summed E-state index contributed by atoms with van der Waals surface area (Å²) in [6, 6.07) is 13.5. The number of hydrogen-bond acceptors (Lipinski definition) is 5. The van der Waals surface area contributed by atoms with E-state index >= 15 is 0 Å². The SMILES string of the molecule is COc1ccccc1-c1ccc2c(NC(=O)NCCN3CCOCC3)n[nH]c2c1. The number of rotatable bonds is 6. The van der Waals surface area contributed by atoms with Crippen molar-refractivity contribution in [2.24, 2.45) is 0 Å². The fourth-order valence-corrected chi connectivity index (χ4v) is 3.47. The number of carbonyl (C=O) groups excluding carboxylic acids is 1. The Hall–Kier alpha value is -3.10. The fourth-order valence-electron chi connectivity index (χ4n) is 3.47. The van der Waals surface area contributed by atoms with Crippen LogP contribution in [-0.4, -0.2) is 67.6 Å². The molecule has 1 aliphatic heterocycles. The number of aromatic amines is 1. The molecule has 4 rings (SSSR count). The molecule has 2 aromatic carbocycles. The zero-order valence-electron chi connectivity index (χ0n) is 16.4. The molecule has 0 unspecified atom stereocenters. The summed E-state index contributed by atoms with van der Waals surface area (Å²) in [6.45, 7) is 4.70. The number of aromatic nitrogens is 2. The Morgan fingerprint density at radius 3 is 2.90 bits per heavy atom. The number of morpholine rings is 1. The molecule has 29 heavy (non-hydrogen) atoms. The van der Waals surface area contributed by atoms with E-state index in [2.05, 4.69) is 25.7 Å². The number of methoxy groups -OCH3 is 1. The quantitative estimate of drug-likeness (QED) is 0.597. The number of hydrogen-bond donors (Lipinski definition) is 3. The first-order chi connectivity index (χ1) is 14.2. The Bertz CT molecular complexity index is 981. The topological polar surface area (TPSA) is 91.5 Å². The summed E-state index contributed by atoms with van der Waals surface area (Å²) in [5.41, 5.74) is 2.86. The molecule has 2 amide bonds. The average Bonchev–Trinajstić information content (AvgIpc) is 3.16. The van der Waals surface area contributed by atoms with Crippen LogP contribution in [0, 0.1) is 0 Å². The molecule has 8 nitrogen and oxygen atoms in total. The smallest absolute Gasteiger partial charge is 0.320 e. The predicted molar refractivity (Wildman–Crippen MR) is 112 cm³/mol. The van der Waals surface area contributed by atoms with Crippen molar-refractivity contribution < 1.29 is 14.3 Å². The summed E-state index contributed by atoms with van der Waals surface area (Å²) in [6.07, 6.45) is 0. The molecule has 0 bridgehead atoms. The second-order valence-electron chi connectivity index (χ2n) is 6.87. The summed E-state index contributed by atoms with van der Waals surface area (Å²) >= 11 is 0. The second kappa shape index (κ2) is 8.93. The molecule has 1 saturated heterocycles. The van der Waals surface area contributed by atoms with E-state index < -0.39 is 0 Å². The molecule has 8 heteroatoms. The molecule has 3 aromatic rings. The molecule has 0 radical (unpaired) electrons. The van der Waals surface area contributed by atoms with Gasteiger partial charge in [-0.25, -0.2) is 4.79 Å². The van der Waals surface area contributed by atoms with Crippen molar-refractivity contribution in [1.82, 2.24) is 20.4 Å². The number of H-pyrrole nitrogens is 1. The van der Waals surface area contributed by atoms with Gasteiger partial charge in [-0.15, -0.1) is 0 Å². The number of benzene rings is 2. The highest BCUT2D eigenvalue weighted by atomic mass is 16.5. The lowest BCUT2D eigenvalue weighted by atomic mass is 10.0. The van der Waals surface area contributed by atoms with Crippen LogP contribution in [0.3, 0.4) is 0 Å². The van der Waals surface area contributed by atoms with Gasteiger partial charge in [0.15, 0.2) is 5.82 Å². The Morgan fingerprint density at radius 1 is 1.24 bits per heavy atom. The van der Waals surface area contributed by atoms with E-state index in [4.69, 9.17) is 9.47 Å². The highest BCUT2D eigenvalue weighted by molar-refractivity contribution is 6.00. The molecule has 0 atom stereocenters. The van der Waals surface area contributed by atoms with E-state index in [1.165, 1.54) is 0 Å². The maximum absolute atomic E-state index is 12.2. The molecular weight excluding hydrogens is 370 g/mol. The number of anilines is 1. The van der Waals surface area contributed by atoms with Gasteiger partial charge >= 0.3 is 6.03 Å². The van der Waals surface area contributed by atoms with Crippen molar-refractivity contribution in [3.8, 4) is 16.9 Å². The molecule has 2 heterocycles. The minimum atomic E-state index is -0.263. The zero-order valence-corrected chi connectivity index (χ0v) is 16.4. The van der Waals surface area contributed by atoms with Crippen LogP contribution in [0.25, 0.3) is 22.0 Å². The van der Waals surface area contributed by atoms with E-state index in [0.29, 0.717) is 12.4 Å². The normalized spacial score (nSPS) is 14.7. The molecule has 3 N–H and O–H groups in total. The second-order valence-corrected chi connectivity index (χ2v) is 6.87. The molecule has 1 aliphatic rings. The minimum absolute atomic E-state index is 0.263. The number of urea groups is 1. The van der Waals surface area contributed by atoms with Gasteiger partial charge in [0, 0.05) is 37.1 Å². The van der Waals surface area contributed by atoms with Crippen molar-refractivity contribution in [1.29, 1.82) is 0 Å². The Labute approximate surface area is 169 Å². The van der Waals surface area contributed by atoms with Crippen LogP contribution in [0.2, 0.25) is 0 Å². The van der Waals surface area contributed by atoms with Gasteiger partial charge in [-0.1, -0.05) is 24.3 Å². The molecule has 152 valence electrons. The summed E-state index contributed by atoms with van der Waals surface area (Å²) < 4.78 is 10.8. The van der Waals surface area contributed by atoms with Gasteiger partial charge < -0.3 is 14.8 Å². The highest BCUT2D eigenvalue weighted by Crippen LogP contribution is 2.32. The minimum Gasteiger partial charge on any atom is -0.496 e. The summed E-state index contributed by atoms with van der Waals surface area (Å²) in [5.74, 6) is 1.32. The number of amides is 2. The fraction of sp³-hybridized carbons (Fsp3) is 0.333. The van der Waals surface area contributed by atoms with Crippen LogP contribution in [0.4, 0.5) is 10.6 Å². The average molecular weight is 395 g/mol. The summed E-state index contributed by atoms with van der Waals surface area (Å²) in [5, 5.41) is 13.8. The Kier molecular flexibility index (Phi) is 5.92. The number of para-hydroxylation sites is 1. The molecule has 1 aromatic heterocycles. The van der Waals surface area contributed by atoms with Crippen LogP contribution < -0.4 is 15.4 Å². The van der Waals surface area contributed by atoms with Crippen LogP contribution in [-0.2, 0) is 4.74 Å². The van der Waals surface area contributed by atoms with Crippen molar-refractivity contribution in [3.05, 3.63) is 42.5 Å². The van der Waals surface area contributed by atoms with Crippen LogP contribution in [0.1, 0.15) is 0 Å². The lowest BCUT2D eigenvalue weighted by molar-refractivity contribution is 0.0388. The lowest BCUT2D eigenvalue weighted by Crippen LogP contribution is -2.42. The van der Waals surface area contributed by atoms with Crippen LogP contribution >= 0.6 is 0 Å². The van der Waals surface area contributed by atoms with E-state index in [-0.39, 0.29) is 6.03 Å². The first kappa shape index (κ1) is 19.2. The molecule has 0 saturated carbocycles. The number of nitrogens with one attached hydrogen (secondary N) is 3. The van der Waals surface area contributed by atoms with Gasteiger partial charge in [0.05, 0.1) is 25.8 Å². The molecule has 0 aliphatic carbocycles. The van der Waals surface area contributed by atoms with Crippen molar-refractivity contribution in [3.63, 3.8) is 0 Å². The maximum atomic E-state index is 12.2. The third-order valence-electron chi connectivity index (χ3n) is 5.03. The Balaban J connectivity index is 1.40. The molecule has 0 spiro atoms. The predicted octanol–water partition coefficient (Wildman–Crippen LogP) is 2.69. The largest absolute Gasteiger partial charge is 0.496 e. The summed E-state index contributed by atoms with van der Waals surface area (Å²) in [7, 11) is 1.66. The van der Waals surface area contributed by atoms with E-state index in [1.807, 2.05) is 42.5 Å². The first-order valence-electron chi connectivity index (χ1n) is 9.71. The first-order valence-corrected chi connectivity index (χ1v) is 9.71. The van der Waals surface area contributed by atoms with Gasteiger partial charge in [0.2, 0.25) is 0 Å². The third kappa shape index (κ3) is 4.49. The van der Waals surface area contributed by atoms with Gasteiger partial charge in [0.25, 0.3) is 0 Å². The number of nitrogens with zero attached hydrogens (tertiary/aromatic N) is 2. The van der Waals surface area contributed by atoms with Gasteiger partial charge in [0.1, 0.15) is 5.75 Å². The summed E-state index contributed by atoms with van der Waals surface area (Å²) in [4.78, 5) is 14.5. The van der Waals surface area contributed by atoms with Gasteiger partial charge in [-0.3, -0.25) is 15.3 Å². The van der Waals surface area contributed by atoms with Gasteiger partial charge in [-0.05, 0) is 23.8 Å². The monoisotopic (exact) mass is 395 g/mol. The van der Waals surface area contributed by atoms with E-state index in [1.54, 1.807) is 7.11 Å². The van der Waals surface area contributed by atoms with E-state index in [0.717, 1.165) is 60.6 Å². The number of ether oxygens (including phenoxy) is 2. The van der Waals surface area contributed by atoms with Gasteiger partial charge in [-0.2, -0.15) is 5.10 Å².